The molecule has 24 heavy (non-hydrogen) atoms. The number of nitrogens with zero attached hydrogens (tertiary/aromatic N) is 3. The molecule has 3 aromatic rings. The lowest BCUT2D eigenvalue weighted by Gasteiger charge is -2.13. The first-order valence-electron chi connectivity index (χ1n) is 7.19. The Morgan fingerprint density at radius 1 is 1.25 bits per heavy atom. The number of thiophene rings is 1. The SMILES string of the molecule is CN(C)c1cccc(C(=O)Nc2nnc(SCc3cccs3)s2)c1. The predicted octanol–water partition coefficient (Wildman–Crippen LogP) is 4.21. The van der Waals surface area contributed by atoms with Gasteiger partial charge in [0.2, 0.25) is 5.13 Å². The minimum absolute atomic E-state index is 0.176. The Bertz CT molecular complexity index is 814. The smallest absolute Gasteiger partial charge is 0.257 e. The molecule has 3 rings (SSSR count). The van der Waals surface area contributed by atoms with Gasteiger partial charge < -0.3 is 4.90 Å². The second-order valence-electron chi connectivity index (χ2n) is 5.14. The molecule has 0 aliphatic heterocycles. The van der Waals surface area contributed by atoms with Gasteiger partial charge in [-0.15, -0.1) is 21.5 Å². The average Bonchev–Trinajstić information content (AvgIpc) is 3.24. The van der Waals surface area contributed by atoms with Gasteiger partial charge in [0.25, 0.3) is 5.91 Å². The minimum atomic E-state index is -0.176. The van der Waals surface area contributed by atoms with Gasteiger partial charge in [0.05, 0.1) is 0 Å². The first-order valence-corrected chi connectivity index (χ1v) is 9.87. The van der Waals surface area contributed by atoms with Crippen LogP contribution in [0.5, 0.6) is 0 Å². The molecule has 0 saturated carbocycles. The molecule has 0 aliphatic rings. The van der Waals surface area contributed by atoms with Gasteiger partial charge in [-0.05, 0) is 29.6 Å². The van der Waals surface area contributed by atoms with Crippen molar-refractivity contribution in [2.75, 3.05) is 24.3 Å². The molecule has 124 valence electrons. The summed E-state index contributed by atoms with van der Waals surface area (Å²) in [6.45, 7) is 0. The zero-order chi connectivity index (χ0) is 16.9. The molecule has 0 fully saturated rings. The molecule has 2 aromatic heterocycles. The Labute approximate surface area is 152 Å². The van der Waals surface area contributed by atoms with Crippen LogP contribution in [0.2, 0.25) is 0 Å². The lowest BCUT2D eigenvalue weighted by Crippen LogP contribution is -2.14. The minimum Gasteiger partial charge on any atom is -0.378 e. The summed E-state index contributed by atoms with van der Waals surface area (Å²) >= 11 is 4.74. The van der Waals surface area contributed by atoms with Crippen molar-refractivity contribution in [1.82, 2.24) is 10.2 Å². The Morgan fingerprint density at radius 2 is 2.12 bits per heavy atom. The van der Waals surface area contributed by atoms with Crippen LogP contribution in [-0.2, 0) is 5.75 Å². The number of amides is 1. The van der Waals surface area contributed by atoms with Gasteiger partial charge >= 0.3 is 0 Å². The highest BCUT2D eigenvalue weighted by Gasteiger charge is 2.11. The topological polar surface area (TPSA) is 58.1 Å². The maximum absolute atomic E-state index is 12.3. The number of thioether (sulfide) groups is 1. The lowest BCUT2D eigenvalue weighted by molar-refractivity contribution is 0.102. The van der Waals surface area contributed by atoms with Crippen LogP contribution in [0.4, 0.5) is 10.8 Å². The van der Waals surface area contributed by atoms with Gasteiger partial charge in [-0.25, -0.2) is 0 Å². The van der Waals surface area contributed by atoms with Crippen LogP contribution in [0, 0.1) is 0 Å². The molecular formula is C16H16N4OS3. The van der Waals surface area contributed by atoms with Gasteiger partial charge in [-0.2, -0.15) is 0 Å². The summed E-state index contributed by atoms with van der Waals surface area (Å²) in [7, 11) is 3.89. The van der Waals surface area contributed by atoms with E-state index in [-0.39, 0.29) is 5.91 Å². The predicted molar refractivity (Wildman–Crippen MR) is 103 cm³/mol. The van der Waals surface area contributed by atoms with Crippen LogP contribution in [0.25, 0.3) is 0 Å². The summed E-state index contributed by atoms with van der Waals surface area (Å²) in [5, 5.41) is 13.6. The number of hydrogen-bond donors (Lipinski definition) is 1. The summed E-state index contributed by atoms with van der Waals surface area (Å²) in [5.41, 5.74) is 1.58. The van der Waals surface area contributed by atoms with Gasteiger partial charge in [0.15, 0.2) is 4.34 Å². The van der Waals surface area contributed by atoms with E-state index < -0.39 is 0 Å². The molecule has 0 unspecified atom stereocenters. The molecule has 0 spiro atoms. The lowest BCUT2D eigenvalue weighted by atomic mass is 10.2. The molecule has 1 amide bonds. The van der Waals surface area contributed by atoms with Crippen molar-refractivity contribution < 1.29 is 4.79 Å². The third kappa shape index (κ3) is 4.34. The van der Waals surface area contributed by atoms with Crippen molar-refractivity contribution in [3.63, 3.8) is 0 Å². The van der Waals surface area contributed by atoms with Crippen LogP contribution in [0.3, 0.4) is 0 Å². The van der Waals surface area contributed by atoms with Crippen molar-refractivity contribution in [2.24, 2.45) is 0 Å². The third-order valence-corrected chi connectivity index (χ3v) is 6.25. The van der Waals surface area contributed by atoms with Gasteiger partial charge in [0, 0.05) is 36.0 Å². The van der Waals surface area contributed by atoms with Crippen LogP contribution in [-0.4, -0.2) is 30.2 Å². The van der Waals surface area contributed by atoms with E-state index in [0.29, 0.717) is 10.7 Å². The first-order chi connectivity index (χ1) is 11.6. The molecule has 1 aromatic carbocycles. The molecule has 5 nitrogen and oxygen atoms in total. The first kappa shape index (κ1) is 16.9. The summed E-state index contributed by atoms with van der Waals surface area (Å²) < 4.78 is 0.848. The molecule has 0 bridgehead atoms. The third-order valence-electron chi connectivity index (χ3n) is 3.17. The fraction of sp³-hybridized carbons (Fsp3) is 0.188. The monoisotopic (exact) mass is 376 g/mol. The Hall–Kier alpha value is -1.90. The fourth-order valence-electron chi connectivity index (χ4n) is 1.94. The summed E-state index contributed by atoms with van der Waals surface area (Å²) in [5.74, 6) is 0.690. The molecule has 0 aliphatic carbocycles. The normalized spacial score (nSPS) is 10.6. The van der Waals surface area contributed by atoms with E-state index in [4.69, 9.17) is 0 Å². The highest BCUT2D eigenvalue weighted by molar-refractivity contribution is 8.00. The van der Waals surface area contributed by atoms with E-state index in [1.165, 1.54) is 16.2 Å². The number of carbonyl (C=O) groups excluding carboxylic acids is 1. The highest BCUT2D eigenvalue weighted by Crippen LogP contribution is 2.29. The van der Waals surface area contributed by atoms with Crippen LogP contribution in [0.15, 0.2) is 46.1 Å². The Morgan fingerprint density at radius 3 is 2.88 bits per heavy atom. The van der Waals surface area contributed by atoms with E-state index in [1.807, 2.05) is 43.3 Å². The van der Waals surface area contributed by atoms with Gasteiger partial charge in [-0.1, -0.05) is 35.2 Å². The molecule has 2 heterocycles. The fourth-order valence-corrected chi connectivity index (χ4v) is 4.46. The average molecular weight is 377 g/mol. The van der Waals surface area contributed by atoms with Crippen LogP contribution < -0.4 is 10.2 Å². The highest BCUT2D eigenvalue weighted by atomic mass is 32.2. The molecule has 1 N–H and O–H groups in total. The van der Waals surface area contributed by atoms with Crippen molar-refractivity contribution in [1.29, 1.82) is 0 Å². The molecular weight excluding hydrogens is 360 g/mol. The second kappa shape index (κ2) is 7.78. The van der Waals surface area contributed by atoms with Crippen LogP contribution >= 0.6 is 34.4 Å². The number of benzene rings is 1. The van der Waals surface area contributed by atoms with Crippen molar-refractivity contribution in [2.45, 2.75) is 10.1 Å². The van der Waals surface area contributed by atoms with E-state index >= 15 is 0 Å². The number of nitrogens with one attached hydrogen (secondary N) is 1. The van der Waals surface area contributed by atoms with Crippen molar-refractivity contribution in [3.8, 4) is 0 Å². The largest absolute Gasteiger partial charge is 0.378 e. The van der Waals surface area contributed by atoms with E-state index in [2.05, 4.69) is 27.0 Å². The second-order valence-corrected chi connectivity index (χ2v) is 8.37. The maximum atomic E-state index is 12.3. The van der Waals surface area contributed by atoms with Gasteiger partial charge in [-0.3, -0.25) is 10.1 Å². The molecule has 0 radical (unpaired) electrons. The Kier molecular flexibility index (Phi) is 5.49. The number of carbonyl (C=O) groups is 1. The number of aromatic nitrogens is 2. The summed E-state index contributed by atoms with van der Waals surface area (Å²) in [4.78, 5) is 15.6. The van der Waals surface area contributed by atoms with E-state index in [0.717, 1.165) is 15.8 Å². The van der Waals surface area contributed by atoms with E-state index in [9.17, 15) is 4.79 Å². The molecule has 0 saturated heterocycles. The molecule has 0 atom stereocenters. The van der Waals surface area contributed by atoms with Gasteiger partial charge in [0.1, 0.15) is 0 Å². The summed E-state index contributed by atoms with van der Waals surface area (Å²) in [6, 6.07) is 11.6. The van der Waals surface area contributed by atoms with Crippen LogP contribution in [0.1, 0.15) is 15.2 Å². The molecule has 8 heteroatoms. The zero-order valence-electron chi connectivity index (χ0n) is 13.2. The zero-order valence-corrected chi connectivity index (χ0v) is 15.7. The number of anilines is 2. The Balaban J connectivity index is 1.61. The number of rotatable bonds is 6. The maximum Gasteiger partial charge on any atom is 0.257 e. The quantitative estimate of drug-likeness (QED) is 0.516. The van der Waals surface area contributed by atoms with Crippen molar-refractivity contribution >= 4 is 51.2 Å². The van der Waals surface area contributed by atoms with Crippen molar-refractivity contribution in [3.05, 3.63) is 52.2 Å². The standard InChI is InChI=1S/C16H16N4OS3/c1-20(2)12-6-3-5-11(9-12)14(21)17-15-18-19-16(24-15)23-10-13-7-4-8-22-13/h3-9H,10H2,1-2H3,(H,17,18,21). The summed E-state index contributed by atoms with van der Waals surface area (Å²) in [6.07, 6.45) is 0. The number of hydrogen-bond acceptors (Lipinski definition) is 7. The van der Waals surface area contributed by atoms with E-state index in [1.54, 1.807) is 29.2 Å².